The first-order valence-corrected chi connectivity index (χ1v) is 5.17. The molecule has 0 amide bonds. The molecule has 0 spiro atoms. The molecule has 4 nitrogen and oxygen atoms in total. The van der Waals surface area contributed by atoms with Gasteiger partial charge in [-0.25, -0.2) is 13.5 Å². The van der Waals surface area contributed by atoms with Crippen LogP contribution in [0.1, 0.15) is 5.69 Å². The fourth-order valence-electron chi connectivity index (χ4n) is 1.20. The third kappa shape index (κ3) is 1.96. The molecule has 0 saturated carbocycles. The Hall–Kier alpha value is -1.34. The summed E-state index contributed by atoms with van der Waals surface area (Å²) in [5, 5.41) is 7.41. The maximum Gasteiger partial charge on any atom is 0.151 e. The van der Waals surface area contributed by atoms with Crippen molar-refractivity contribution < 1.29 is 8.78 Å². The van der Waals surface area contributed by atoms with E-state index in [1.165, 1.54) is 16.9 Å². The van der Waals surface area contributed by atoms with Crippen molar-refractivity contribution >= 4 is 15.9 Å². The van der Waals surface area contributed by atoms with Gasteiger partial charge in [-0.2, -0.15) is 0 Å². The molecule has 1 heterocycles. The van der Waals surface area contributed by atoms with E-state index in [9.17, 15) is 8.78 Å². The molecular formula is C9H7BrF2N4. The molecular weight excluding hydrogens is 282 g/mol. The number of aromatic nitrogens is 3. The predicted molar refractivity (Wildman–Crippen MR) is 56.9 cm³/mol. The van der Waals surface area contributed by atoms with Crippen LogP contribution in [0.5, 0.6) is 0 Å². The molecule has 16 heavy (non-hydrogen) atoms. The van der Waals surface area contributed by atoms with Crippen LogP contribution in [0.25, 0.3) is 5.69 Å². The highest BCUT2D eigenvalue weighted by molar-refractivity contribution is 9.10. The number of halogens is 3. The summed E-state index contributed by atoms with van der Waals surface area (Å²) >= 11 is 2.97. The van der Waals surface area contributed by atoms with E-state index in [-0.39, 0.29) is 16.7 Å². The largest absolute Gasteiger partial charge is 0.325 e. The lowest BCUT2D eigenvalue weighted by Crippen LogP contribution is -2.00. The molecule has 0 saturated heterocycles. The average Bonchev–Trinajstić information content (AvgIpc) is 2.71. The van der Waals surface area contributed by atoms with E-state index >= 15 is 0 Å². The van der Waals surface area contributed by atoms with Gasteiger partial charge in [0.2, 0.25) is 0 Å². The molecule has 0 aliphatic rings. The van der Waals surface area contributed by atoms with E-state index in [0.717, 1.165) is 6.07 Å². The third-order valence-corrected chi connectivity index (χ3v) is 2.59. The van der Waals surface area contributed by atoms with Gasteiger partial charge < -0.3 is 5.73 Å². The Kier molecular flexibility index (Phi) is 2.97. The number of nitrogens with zero attached hydrogens (tertiary/aromatic N) is 3. The summed E-state index contributed by atoms with van der Waals surface area (Å²) < 4.78 is 27.8. The molecule has 2 rings (SSSR count). The van der Waals surface area contributed by atoms with Gasteiger partial charge in [0.05, 0.1) is 16.4 Å². The highest BCUT2D eigenvalue weighted by Gasteiger charge is 2.11. The van der Waals surface area contributed by atoms with Crippen molar-refractivity contribution in [3.63, 3.8) is 0 Å². The molecule has 2 N–H and O–H groups in total. The van der Waals surface area contributed by atoms with Crippen molar-refractivity contribution in [3.8, 4) is 5.69 Å². The smallest absolute Gasteiger partial charge is 0.151 e. The second-order valence-electron chi connectivity index (χ2n) is 3.08. The Morgan fingerprint density at radius 3 is 2.69 bits per heavy atom. The predicted octanol–water partition coefficient (Wildman–Crippen LogP) is 1.77. The van der Waals surface area contributed by atoms with E-state index in [0.29, 0.717) is 5.69 Å². The van der Waals surface area contributed by atoms with Crippen molar-refractivity contribution in [1.29, 1.82) is 0 Å². The van der Waals surface area contributed by atoms with Crippen molar-refractivity contribution in [2.75, 3.05) is 0 Å². The van der Waals surface area contributed by atoms with E-state index in [4.69, 9.17) is 5.73 Å². The molecule has 1 aromatic heterocycles. The van der Waals surface area contributed by atoms with E-state index in [1.54, 1.807) is 0 Å². The summed E-state index contributed by atoms with van der Waals surface area (Å²) in [6.45, 7) is 0.212. The Morgan fingerprint density at radius 1 is 1.31 bits per heavy atom. The molecule has 0 aliphatic carbocycles. The second-order valence-corrected chi connectivity index (χ2v) is 3.93. The van der Waals surface area contributed by atoms with Crippen molar-refractivity contribution in [2.24, 2.45) is 5.73 Å². The lowest BCUT2D eigenvalue weighted by atomic mass is 10.3. The quantitative estimate of drug-likeness (QED) is 0.857. The molecule has 0 fully saturated rings. The Morgan fingerprint density at radius 2 is 2.06 bits per heavy atom. The number of hydrogen-bond donors (Lipinski definition) is 1. The first-order chi connectivity index (χ1) is 7.61. The molecule has 2 aromatic rings. The zero-order valence-corrected chi connectivity index (χ0v) is 9.58. The van der Waals surface area contributed by atoms with E-state index in [1.807, 2.05) is 0 Å². The van der Waals surface area contributed by atoms with Crippen LogP contribution in [0, 0.1) is 11.6 Å². The minimum Gasteiger partial charge on any atom is -0.325 e. The van der Waals surface area contributed by atoms with Crippen LogP contribution >= 0.6 is 15.9 Å². The lowest BCUT2D eigenvalue weighted by molar-refractivity contribution is 0.568. The molecule has 0 bridgehead atoms. The van der Waals surface area contributed by atoms with Gasteiger partial charge in [-0.3, -0.25) is 0 Å². The lowest BCUT2D eigenvalue weighted by Gasteiger charge is -2.03. The van der Waals surface area contributed by atoms with Crippen molar-refractivity contribution in [3.05, 3.63) is 40.1 Å². The first-order valence-electron chi connectivity index (χ1n) is 4.38. The topological polar surface area (TPSA) is 56.7 Å². The fraction of sp³-hybridized carbons (Fsp3) is 0.111. The van der Waals surface area contributed by atoms with E-state index < -0.39 is 11.6 Å². The van der Waals surface area contributed by atoms with Crippen LogP contribution < -0.4 is 5.73 Å². The van der Waals surface area contributed by atoms with Crippen molar-refractivity contribution in [1.82, 2.24) is 15.0 Å². The summed E-state index contributed by atoms with van der Waals surface area (Å²) in [5.41, 5.74) is 5.99. The highest BCUT2D eigenvalue weighted by atomic mass is 79.9. The fourth-order valence-corrected chi connectivity index (χ4v) is 1.53. The SMILES string of the molecule is NCc1cn(-c2cc(Br)c(F)cc2F)nn1. The van der Waals surface area contributed by atoms with Gasteiger partial charge in [-0.15, -0.1) is 5.10 Å². The van der Waals surface area contributed by atoms with Gasteiger partial charge in [-0.1, -0.05) is 5.21 Å². The van der Waals surface area contributed by atoms with Crippen LogP contribution in [-0.4, -0.2) is 15.0 Å². The van der Waals surface area contributed by atoms with Gasteiger partial charge in [-0.05, 0) is 22.0 Å². The van der Waals surface area contributed by atoms with Crippen LogP contribution in [-0.2, 0) is 6.54 Å². The minimum atomic E-state index is -0.714. The number of nitrogens with two attached hydrogens (primary N) is 1. The molecule has 84 valence electrons. The summed E-state index contributed by atoms with van der Waals surface area (Å²) in [5.74, 6) is -1.38. The molecule has 0 radical (unpaired) electrons. The van der Waals surface area contributed by atoms with Crippen LogP contribution in [0.3, 0.4) is 0 Å². The normalized spacial score (nSPS) is 10.8. The maximum absolute atomic E-state index is 13.4. The summed E-state index contributed by atoms with van der Waals surface area (Å²) in [7, 11) is 0. The Labute approximate surface area is 98.2 Å². The molecule has 1 aromatic carbocycles. The highest BCUT2D eigenvalue weighted by Crippen LogP contribution is 2.22. The first kappa shape index (κ1) is 11.2. The van der Waals surface area contributed by atoms with Crippen LogP contribution in [0.2, 0.25) is 0 Å². The number of hydrogen-bond acceptors (Lipinski definition) is 3. The monoisotopic (exact) mass is 288 g/mol. The van der Waals surface area contributed by atoms with Crippen molar-refractivity contribution in [2.45, 2.75) is 6.54 Å². The Balaban J connectivity index is 2.51. The standard InChI is InChI=1S/C9H7BrF2N4/c10-6-1-9(8(12)2-7(6)11)16-4-5(3-13)14-15-16/h1-2,4H,3,13H2. The second kappa shape index (κ2) is 4.26. The maximum atomic E-state index is 13.4. The molecule has 7 heteroatoms. The minimum absolute atomic E-state index is 0.112. The van der Waals surface area contributed by atoms with Gasteiger partial charge in [0.15, 0.2) is 5.82 Å². The van der Waals surface area contributed by atoms with E-state index in [2.05, 4.69) is 26.2 Å². The van der Waals surface area contributed by atoms with Gasteiger partial charge in [0.1, 0.15) is 11.5 Å². The van der Waals surface area contributed by atoms with Gasteiger partial charge >= 0.3 is 0 Å². The van der Waals surface area contributed by atoms with Crippen LogP contribution in [0.15, 0.2) is 22.8 Å². The van der Waals surface area contributed by atoms with Gasteiger partial charge in [0.25, 0.3) is 0 Å². The summed E-state index contributed by atoms with van der Waals surface area (Å²) in [6.07, 6.45) is 1.49. The van der Waals surface area contributed by atoms with Crippen LogP contribution in [0.4, 0.5) is 8.78 Å². The summed E-state index contributed by atoms with van der Waals surface area (Å²) in [4.78, 5) is 0. The number of rotatable bonds is 2. The zero-order chi connectivity index (χ0) is 11.7. The van der Waals surface area contributed by atoms with Gasteiger partial charge in [0, 0.05) is 12.6 Å². The molecule has 0 unspecified atom stereocenters. The Bertz CT molecular complexity index is 526. The zero-order valence-electron chi connectivity index (χ0n) is 7.99. The third-order valence-electron chi connectivity index (χ3n) is 1.99. The molecule has 0 aliphatic heterocycles. The average molecular weight is 289 g/mol. The number of benzene rings is 1. The summed E-state index contributed by atoms with van der Waals surface area (Å²) in [6, 6.07) is 2.07. The molecule has 0 atom stereocenters.